The van der Waals surface area contributed by atoms with E-state index >= 15 is 0 Å². The lowest BCUT2D eigenvalue weighted by molar-refractivity contribution is -0.129. The molecule has 2 aliphatic carbocycles. The van der Waals surface area contributed by atoms with Gasteiger partial charge in [0.15, 0.2) is 12.4 Å². The largest absolute Gasteiger partial charge is 0.454 e. The molecule has 4 rings (SSSR count). The second-order valence-corrected chi connectivity index (χ2v) is 9.19. The maximum Gasteiger partial charge on any atom is 0.338 e. The lowest BCUT2D eigenvalue weighted by Gasteiger charge is -2.19. The summed E-state index contributed by atoms with van der Waals surface area (Å²) in [5.41, 5.74) is 0.203. The Bertz CT molecular complexity index is 823. The molecular weight excluding hydrogens is 358 g/mol. The number of ether oxygens (including phenoxy) is 1. The minimum atomic E-state index is -0.599. The Morgan fingerprint density at radius 3 is 2.04 bits per heavy atom. The van der Waals surface area contributed by atoms with Crippen LogP contribution in [0.3, 0.4) is 0 Å². The maximum atomic E-state index is 12.9. The van der Waals surface area contributed by atoms with Crippen molar-refractivity contribution < 1.29 is 23.9 Å². The van der Waals surface area contributed by atoms with Crippen LogP contribution in [-0.2, 0) is 19.1 Å². The molecule has 4 atom stereocenters. The number of esters is 1. The zero-order valence-electron chi connectivity index (χ0n) is 16.4. The summed E-state index contributed by atoms with van der Waals surface area (Å²) in [5.74, 6) is -0.623. The summed E-state index contributed by atoms with van der Waals surface area (Å²) >= 11 is 0. The monoisotopic (exact) mass is 383 g/mol. The van der Waals surface area contributed by atoms with E-state index in [4.69, 9.17) is 4.74 Å². The zero-order valence-corrected chi connectivity index (χ0v) is 16.4. The van der Waals surface area contributed by atoms with E-state index in [-0.39, 0.29) is 41.6 Å². The third-order valence-electron chi connectivity index (χ3n) is 6.46. The molecule has 6 nitrogen and oxygen atoms in total. The number of hydrogen-bond acceptors (Lipinski definition) is 5. The van der Waals surface area contributed by atoms with Gasteiger partial charge in [0.2, 0.25) is 11.8 Å². The predicted octanol–water partition coefficient (Wildman–Crippen LogP) is 2.99. The highest BCUT2D eigenvalue weighted by atomic mass is 16.5. The van der Waals surface area contributed by atoms with Crippen molar-refractivity contribution in [1.82, 2.24) is 0 Å². The molecule has 28 heavy (non-hydrogen) atoms. The number of amides is 2. The summed E-state index contributed by atoms with van der Waals surface area (Å²) < 4.78 is 5.09. The molecule has 0 N–H and O–H groups in total. The highest BCUT2D eigenvalue weighted by molar-refractivity contribution is 6.22. The van der Waals surface area contributed by atoms with E-state index in [0.717, 1.165) is 19.3 Å². The standard InChI is InChI=1S/C22H25NO5/c1-22(2,3)16(24)11-28-21(27)12-6-8-15(9-7-12)23-19(25)17-13-4-5-14(10-13)18(17)20(23)26/h6-9,13-14,17-18H,4-5,10-11H2,1-3H3. The van der Waals surface area contributed by atoms with Crippen LogP contribution in [0.15, 0.2) is 24.3 Å². The Hall–Kier alpha value is -2.50. The first-order valence-electron chi connectivity index (χ1n) is 9.87. The van der Waals surface area contributed by atoms with Crippen LogP contribution in [0.25, 0.3) is 0 Å². The van der Waals surface area contributed by atoms with Crippen molar-refractivity contribution in [2.24, 2.45) is 29.1 Å². The van der Waals surface area contributed by atoms with Gasteiger partial charge in [0.1, 0.15) is 0 Å². The summed E-state index contributed by atoms with van der Waals surface area (Å²) in [5, 5.41) is 0. The number of carbonyl (C=O) groups is 4. The molecule has 3 fully saturated rings. The third-order valence-corrected chi connectivity index (χ3v) is 6.46. The summed E-state index contributed by atoms with van der Waals surface area (Å²) in [6.07, 6.45) is 3.08. The van der Waals surface area contributed by atoms with Gasteiger partial charge < -0.3 is 4.74 Å². The Kier molecular flexibility index (Phi) is 4.40. The van der Waals surface area contributed by atoms with Crippen molar-refractivity contribution in [3.05, 3.63) is 29.8 Å². The molecule has 6 heteroatoms. The minimum absolute atomic E-state index is 0.103. The number of ketones is 1. The van der Waals surface area contributed by atoms with Gasteiger partial charge in [-0.25, -0.2) is 4.79 Å². The SMILES string of the molecule is CC(C)(C)C(=O)COC(=O)c1ccc(N2C(=O)C3C4CCC(C4)C3C2=O)cc1. The molecule has 0 spiro atoms. The summed E-state index contributed by atoms with van der Waals surface area (Å²) in [4.78, 5) is 51.1. The van der Waals surface area contributed by atoms with Gasteiger partial charge in [-0.1, -0.05) is 20.8 Å². The van der Waals surface area contributed by atoms with Crippen LogP contribution in [0.4, 0.5) is 5.69 Å². The van der Waals surface area contributed by atoms with E-state index < -0.39 is 11.4 Å². The quantitative estimate of drug-likeness (QED) is 0.590. The van der Waals surface area contributed by atoms with Crippen molar-refractivity contribution in [3.8, 4) is 0 Å². The molecule has 1 aromatic carbocycles. The molecule has 4 unspecified atom stereocenters. The van der Waals surface area contributed by atoms with Gasteiger partial charge in [0.25, 0.3) is 0 Å². The number of fused-ring (bicyclic) bond motifs is 5. The predicted molar refractivity (Wildman–Crippen MR) is 101 cm³/mol. The molecule has 148 valence electrons. The fourth-order valence-electron chi connectivity index (χ4n) is 4.84. The number of hydrogen-bond donors (Lipinski definition) is 0. The Labute approximate surface area is 164 Å². The van der Waals surface area contributed by atoms with Crippen LogP contribution in [0.2, 0.25) is 0 Å². The minimum Gasteiger partial charge on any atom is -0.454 e. The summed E-state index contributed by atoms with van der Waals surface area (Å²) in [6, 6.07) is 6.26. The number of carbonyl (C=O) groups excluding carboxylic acids is 4. The van der Waals surface area contributed by atoms with E-state index in [1.54, 1.807) is 32.9 Å². The van der Waals surface area contributed by atoms with Crippen LogP contribution >= 0.6 is 0 Å². The molecule has 1 saturated heterocycles. The highest BCUT2D eigenvalue weighted by Crippen LogP contribution is 2.56. The van der Waals surface area contributed by atoms with Crippen LogP contribution in [-0.4, -0.2) is 30.2 Å². The average molecular weight is 383 g/mol. The van der Waals surface area contributed by atoms with E-state index in [1.807, 2.05) is 0 Å². The average Bonchev–Trinajstić information content (AvgIpc) is 3.32. The third kappa shape index (κ3) is 2.95. The molecule has 2 saturated carbocycles. The lowest BCUT2D eigenvalue weighted by atomic mass is 9.81. The first-order chi connectivity index (χ1) is 13.2. The van der Waals surface area contributed by atoms with E-state index in [2.05, 4.69) is 0 Å². The molecule has 1 aromatic rings. The van der Waals surface area contributed by atoms with Gasteiger partial charge in [-0.2, -0.15) is 0 Å². The second kappa shape index (κ2) is 6.54. The van der Waals surface area contributed by atoms with Crippen molar-refractivity contribution >= 4 is 29.3 Å². The highest BCUT2D eigenvalue weighted by Gasteiger charge is 2.61. The smallest absolute Gasteiger partial charge is 0.338 e. The first-order valence-corrected chi connectivity index (χ1v) is 9.87. The van der Waals surface area contributed by atoms with Crippen molar-refractivity contribution in [1.29, 1.82) is 0 Å². The van der Waals surface area contributed by atoms with Gasteiger partial charge >= 0.3 is 5.97 Å². The summed E-state index contributed by atoms with van der Waals surface area (Å²) in [7, 11) is 0. The molecular formula is C22H25NO5. The molecule has 2 amide bonds. The topological polar surface area (TPSA) is 80.8 Å². The van der Waals surface area contributed by atoms with Gasteiger partial charge in [-0.3, -0.25) is 19.3 Å². The Morgan fingerprint density at radius 1 is 1.00 bits per heavy atom. The van der Waals surface area contributed by atoms with Crippen LogP contribution < -0.4 is 4.90 Å². The molecule has 3 aliphatic rings. The van der Waals surface area contributed by atoms with Gasteiger partial charge in [-0.05, 0) is 55.4 Å². The maximum absolute atomic E-state index is 12.9. The molecule has 1 aliphatic heterocycles. The number of nitrogens with zero attached hydrogens (tertiary/aromatic N) is 1. The fraction of sp³-hybridized carbons (Fsp3) is 0.545. The van der Waals surface area contributed by atoms with E-state index in [0.29, 0.717) is 17.5 Å². The number of anilines is 1. The van der Waals surface area contributed by atoms with Gasteiger partial charge in [0.05, 0.1) is 23.1 Å². The van der Waals surface area contributed by atoms with Gasteiger partial charge in [-0.15, -0.1) is 0 Å². The van der Waals surface area contributed by atoms with Crippen LogP contribution in [0, 0.1) is 29.1 Å². The van der Waals surface area contributed by atoms with Crippen molar-refractivity contribution in [2.75, 3.05) is 11.5 Å². The molecule has 0 radical (unpaired) electrons. The summed E-state index contributed by atoms with van der Waals surface area (Å²) in [6.45, 7) is 5.02. The number of Topliss-reactive ketones (excluding diaryl/α,β-unsaturated/α-hetero) is 1. The van der Waals surface area contributed by atoms with E-state index in [9.17, 15) is 19.2 Å². The number of benzene rings is 1. The number of imide groups is 1. The first kappa shape index (κ1) is 18.8. The Morgan fingerprint density at radius 2 is 1.54 bits per heavy atom. The van der Waals surface area contributed by atoms with Crippen LogP contribution in [0.5, 0.6) is 0 Å². The van der Waals surface area contributed by atoms with Crippen molar-refractivity contribution in [2.45, 2.75) is 40.0 Å². The number of rotatable bonds is 4. The zero-order chi connectivity index (χ0) is 20.2. The van der Waals surface area contributed by atoms with Crippen molar-refractivity contribution in [3.63, 3.8) is 0 Å². The second-order valence-electron chi connectivity index (χ2n) is 9.19. The fourth-order valence-corrected chi connectivity index (χ4v) is 4.84. The normalized spacial score (nSPS) is 28.6. The Balaban J connectivity index is 1.45. The molecule has 2 bridgehead atoms. The molecule has 0 aromatic heterocycles. The molecule has 1 heterocycles. The van der Waals surface area contributed by atoms with Crippen LogP contribution in [0.1, 0.15) is 50.4 Å². The lowest BCUT2D eigenvalue weighted by Crippen LogP contribution is -2.32. The van der Waals surface area contributed by atoms with E-state index in [1.165, 1.54) is 17.0 Å². The van der Waals surface area contributed by atoms with Gasteiger partial charge in [0, 0.05) is 5.41 Å².